The molecule has 4 rings (SSSR count). The van der Waals surface area contributed by atoms with E-state index < -0.39 is 0 Å². The summed E-state index contributed by atoms with van der Waals surface area (Å²) < 4.78 is 0. The number of nitrogens with zero attached hydrogens (tertiary/aromatic N) is 4. The van der Waals surface area contributed by atoms with E-state index in [4.69, 9.17) is 0 Å². The second-order valence-electron chi connectivity index (χ2n) is 6.07. The maximum Gasteiger partial charge on any atom is 0.273 e. The maximum absolute atomic E-state index is 12.7. The van der Waals surface area contributed by atoms with Crippen LogP contribution in [-0.4, -0.2) is 25.8 Å². The lowest BCUT2D eigenvalue weighted by Crippen LogP contribution is -2.25. The normalized spacial score (nSPS) is 13.1. The van der Waals surface area contributed by atoms with Gasteiger partial charge >= 0.3 is 0 Å². The fraction of sp³-hybridized carbons (Fsp3) is 0.263. The number of hydrogen-bond donors (Lipinski definition) is 0. The molecule has 0 atom stereocenters. The third-order valence-corrected chi connectivity index (χ3v) is 5.12. The molecule has 3 heterocycles. The second-order valence-corrected chi connectivity index (χ2v) is 7.01. The third-order valence-electron chi connectivity index (χ3n) is 4.21. The second kappa shape index (κ2) is 6.72. The van der Waals surface area contributed by atoms with Crippen LogP contribution in [0.2, 0.25) is 0 Å². The summed E-state index contributed by atoms with van der Waals surface area (Å²) in [4.78, 5) is 28.1. The van der Waals surface area contributed by atoms with Crippen molar-refractivity contribution in [2.75, 3.05) is 0 Å². The van der Waals surface area contributed by atoms with Crippen LogP contribution in [0.3, 0.4) is 0 Å². The van der Waals surface area contributed by atoms with Gasteiger partial charge in [-0.1, -0.05) is 37.3 Å². The van der Waals surface area contributed by atoms with Crippen molar-refractivity contribution in [3.63, 3.8) is 0 Å². The first-order valence-corrected chi connectivity index (χ1v) is 9.26. The van der Waals surface area contributed by atoms with E-state index in [0.717, 1.165) is 34.7 Å². The molecule has 0 fully saturated rings. The fourth-order valence-corrected chi connectivity index (χ4v) is 3.80. The maximum atomic E-state index is 12.7. The number of thiazole rings is 1. The van der Waals surface area contributed by atoms with Gasteiger partial charge in [-0.25, -0.2) is 15.0 Å². The zero-order chi connectivity index (χ0) is 17.2. The van der Waals surface area contributed by atoms with Gasteiger partial charge < -0.3 is 4.90 Å². The monoisotopic (exact) mass is 350 g/mol. The van der Waals surface area contributed by atoms with Crippen LogP contribution in [0.4, 0.5) is 0 Å². The van der Waals surface area contributed by atoms with Crippen LogP contribution in [-0.2, 0) is 19.5 Å². The molecule has 0 unspecified atom stereocenters. The number of benzene rings is 1. The van der Waals surface area contributed by atoms with Crippen molar-refractivity contribution < 1.29 is 4.79 Å². The Bertz CT molecular complexity index is 907. The van der Waals surface area contributed by atoms with Gasteiger partial charge in [0.25, 0.3) is 5.91 Å². The van der Waals surface area contributed by atoms with E-state index in [9.17, 15) is 4.79 Å². The molecule has 1 aliphatic rings. The SMILES string of the molecule is CCCc1nc(C(=O)N2Cc3cnc(-c4ccccc4)nc3C2)cs1. The Balaban J connectivity index is 1.53. The van der Waals surface area contributed by atoms with Gasteiger partial charge in [0, 0.05) is 29.2 Å². The van der Waals surface area contributed by atoms with Gasteiger partial charge in [-0.2, -0.15) is 0 Å². The summed E-state index contributed by atoms with van der Waals surface area (Å²) in [5, 5.41) is 2.88. The standard InChI is InChI=1S/C19H18N4OS/c1-2-6-17-21-16(12-25-17)19(24)23-10-14-9-20-18(22-15(14)11-23)13-7-4-3-5-8-13/h3-5,7-9,12H,2,6,10-11H2,1H3. The molecular formula is C19H18N4OS. The molecule has 2 aromatic heterocycles. The van der Waals surface area contributed by atoms with E-state index in [0.29, 0.717) is 24.6 Å². The minimum Gasteiger partial charge on any atom is -0.327 e. The first-order valence-electron chi connectivity index (χ1n) is 8.38. The molecule has 25 heavy (non-hydrogen) atoms. The molecule has 0 spiro atoms. The van der Waals surface area contributed by atoms with Gasteiger partial charge in [-0.3, -0.25) is 4.79 Å². The molecule has 0 N–H and O–H groups in total. The summed E-state index contributed by atoms with van der Waals surface area (Å²) >= 11 is 1.56. The van der Waals surface area contributed by atoms with Crippen molar-refractivity contribution >= 4 is 17.2 Å². The Morgan fingerprint density at radius 2 is 2.04 bits per heavy atom. The van der Waals surface area contributed by atoms with Crippen molar-refractivity contribution in [2.24, 2.45) is 0 Å². The highest BCUT2D eigenvalue weighted by Crippen LogP contribution is 2.25. The molecule has 3 aromatic rings. The van der Waals surface area contributed by atoms with Gasteiger partial charge in [0.15, 0.2) is 5.82 Å². The molecule has 1 amide bonds. The quantitative estimate of drug-likeness (QED) is 0.720. The van der Waals surface area contributed by atoms with Gasteiger partial charge in [0.05, 0.1) is 17.2 Å². The Morgan fingerprint density at radius 3 is 2.84 bits per heavy atom. The zero-order valence-electron chi connectivity index (χ0n) is 14.0. The predicted molar refractivity (Wildman–Crippen MR) is 97.2 cm³/mol. The van der Waals surface area contributed by atoms with Crippen LogP contribution in [0.25, 0.3) is 11.4 Å². The number of rotatable bonds is 4. The molecular weight excluding hydrogens is 332 g/mol. The number of aromatic nitrogens is 3. The van der Waals surface area contributed by atoms with Crippen LogP contribution in [0.15, 0.2) is 41.9 Å². The van der Waals surface area contributed by atoms with Gasteiger partial charge in [-0.05, 0) is 12.8 Å². The van der Waals surface area contributed by atoms with E-state index in [2.05, 4.69) is 21.9 Å². The molecule has 6 heteroatoms. The van der Waals surface area contributed by atoms with E-state index in [1.54, 1.807) is 16.2 Å². The predicted octanol–water partition coefficient (Wildman–Crippen LogP) is 3.71. The van der Waals surface area contributed by atoms with E-state index in [1.165, 1.54) is 0 Å². The summed E-state index contributed by atoms with van der Waals surface area (Å²) in [6.45, 7) is 3.17. The fourth-order valence-electron chi connectivity index (χ4n) is 2.92. The summed E-state index contributed by atoms with van der Waals surface area (Å²) in [5.41, 5.74) is 3.46. The van der Waals surface area contributed by atoms with Crippen LogP contribution >= 0.6 is 11.3 Å². The molecule has 5 nitrogen and oxygen atoms in total. The Hall–Kier alpha value is -2.60. The number of carbonyl (C=O) groups is 1. The lowest BCUT2D eigenvalue weighted by atomic mass is 10.2. The summed E-state index contributed by atoms with van der Waals surface area (Å²) in [5.74, 6) is 0.672. The minimum atomic E-state index is -0.0298. The Kier molecular flexibility index (Phi) is 4.28. The van der Waals surface area contributed by atoms with Gasteiger partial charge in [-0.15, -0.1) is 11.3 Å². The Labute approximate surface area is 150 Å². The third kappa shape index (κ3) is 3.17. The highest BCUT2D eigenvalue weighted by molar-refractivity contribution is 7.09. The van der Waals surface area contributed by atoms with E-state index >= 15 is 0 Å². The van der Waals surface area contributed by atoms with Crippen LogP contribution in [0.1, 0.15) is 40.1 Å². The molecule has 1 aliphatic heterocycles. The number of amides is 1. The number of fused-ring (bicyclic) bond motifs is 1. The first kappa shape index (κ1) is 15.9. The molecule has 0 saturated heterocycles. The number of carbonyl (C=O) groups excluding carboxylic acids is 1. The zero-order valence-corrected chi connectivity index (χ0v) is 14.8. The van der Waals surface area contributed by atoms with Gasteiger partial charge in [0.2, 0.25) is 0 Å². The van der Waals surface area contributed by atoms with Crippen molar-refractivity contribution in [3.05, 3.63) is 63.9 Å². The topological polar surface area (TPSA) is 59.0 Å². The average molecular weight is 350 g/mol. The van der Waals surface area contributed by atoms with Crippen LogP contribution in [0, 0.1) is 0 Å². The van der Waals surface area contributed by atoms with Crippen molar-refractivity contribution in [1.82, 2.24) is 19.9 Å². The molecule has 1 aromatic carbocycles. The molecule has 0 aliphatic carbocycles. The summed E-state index contributed by atoms with van der Waals surface area (Å²) in [7, 11) is 0. The number of aryl methyl sites for hydroxylation is 1. The summed E-state index contributed by atoms with van der Waals surface area (Å²) in [6, 6.07) is 9.89. The Morgan fingerprint density at radius 1 is 1.20 bits per heavy atom. The lowest BCUT2D eigenvalue weighted by Gasteiger charge is -2.12. The highest BCUT2D eigenvalue weighted by atomic mass is 32.1. The van der Waals surface area contributed by atoms with E-state index in [-0.39, 0.29) is 5.91 Å². The molecule has 0 saturated carbocycles. The largest absolute Gasteiger partial charge is 0.327 e. The van der Waals surface area contributed by atoms with E-state index in [1.807, 2.05) is 41.9 Å². The summed E-state index contributed by atoms with van der Waals surface area (Å²) in [6.07, 6.45) is 3.79. The van der Waals surface area contributed by atoms with Crippen molar-refractivity contribution in [3.8, 4) is 11.4 Å². The molecule has 0 bridgehead atoms. The molecule has 126 valence electrons. The highest BCUT2D eigenvalue weighted by Gasteiger charge is 2.27. The van der Waals surface area contributed by atoms with Crippen LogP contribution < -0.4 is 0 Å². The minimum absolute atomic E-state index is 0.0298. The lowest BCUT2D eigenvalue weighted by molar-refractivity contribution is 0.0745. The van der Waals surface area contributed by atoms with Crippen LogP contribution in [0.5, 0.6) is 0 Å². The molecule has 0 radical (unpaired) electrons. The average Bonchev–Trinajstić information content (AvgIpc) is 3.28. The number of hydrogen-bond acceptors (Lipinski definition) is 5. The van der Waals surface area contributed by atoms with Crippen molar-refractivity contribution in [2.45, 2.75) is 32.9 Å². The van der Waals surface area contributed by atoms with Crippen molar-refractivity contribution in [1.29, 1.82) is 0 Å². The smallest absolute Gasteiger partial charge is 0.273 e. The first-order chi connectivity index (χ1) is 12.2. The van der Waals surface area contributed by atoms with Gasteiger partial charge in [0.1, 0.15) is 5.69 Å².